The smallest absolute Gasteiger partial charge is 0.248 e. The van der Waals surface area contributed by atoms with Crippen LogP contribution in [0.2, 0.25) is 0 Å². The molecule has 0 aliphatic carbocycles. The lowest BCUT2D eigenvalue weighted by atomic mass is 10.1. The molecule has 1 N–H and O–H groups in total. The Bertz CT molecular complexity index is 896. The van der Waals surface area contributed by atoms with Gasteiger partial charge in [0.05, 0.1) is 4.90 Å². The molecule has 0 unspecified atom stereocenters. The molecular formula is C22H28N2O3S. The van der Waals surface area contributed by atoms with Crippen molar-refractivity contribution in [2.24, 2.45) is 0 Å². The van der Waals surface area contributed by atoms with E-state index >= 15 is 0 Å². The molecule has 0 aliphatic rings. The maximum atomic E-state index is 12.8. The number of nitrogens with one attached hydrogen (secondary N) is 1. The van der Waals surface area contributed by atoms with E-state index in [4.69, 9.17) is 0 Å². The van der Waals surface area contributed by atoms with Crippen LogP contribution >= 0.6 is 0 Å². The molecule has 2 rings (SSSR count). The number of sulfonamides is 1. The zero-order valence-corrected chi connectivity index (χ0v) is 17.5. The first kappa shape index (κ1) is 21.9. The maximum Gasteiger partial charge on any atom is 0.248 e. The van der Waals surface area contributed by atoms with E-state index in [1.165, 1.54) is 22.5 Å². The minimum absolute atomic E-state index is 0.239. The number of nitrogens with zero attached hydrogens (tertiary/aromatic N) is 1. The first-order chi connectivity index (χ1) is 13.4. The van der Waals surface area contributed by atoms with Crippen LogP contribution in [-0.4, -0.2) is 31.7 Å². The number of amides is 1. The van der Waals surface area contributed by atoms with Crippen molar-refractivity contribution in [3.05, 3.63) is 65.7 Å². The first-order valence-corrected chi connectivity index (χ1v) is 11.0. The summed E-state index contributed by atoms with van der Waals surface area (Å²) in [5, 5.41) is 2.75. The number of hydrogen-bond donors (Lipinski definition) is 1. The van der Waals surface area contributed by atoms with Crippen LogP contribution in [0.3, 0.4) is 0 Å². The van der Waals surface area contributed by atoms with E-state index in [1.807, 2.05) is 45.0 Å². The van der Waals surface area contributed by atoms with Crippen LogP contribution in [0.15, 0.2) is 59.5 Å². The van der Waals surface area contributed by atoms with Crippen LogP contribution in [0.25, 0.3) is 6.08 Å². The molecular weight excluding hydrogens is 372 g/mol. The van der Waals surface area contributed by atoms with Crippen LogP contribution in [0, 0.1) is 6.92 Å². The van der Waals surface area contributed by atoms with Crippen molar-refractivity contribution in [2.45, 2.75) is 38.5 Å². The minimum Gasteiger partial charge on any atom is -0.323 e. The summed E-state index contributed by atoms with van der Waals surface area (Å²) in [5.41, 5.74) is 2.65. The largest absolute Gasteiger partial charge is 0.323 e. The normalized spacial score (nSPS) is 11.9. The number of hydrogen-bond acceptors (Lipinski definition) is 3. The molecule has 0 fully saturated rings. The molecule has 0 radical (unpaired) electrons. The second-order valence-corrected chi connectivity index (χ2v) is 8.60. The third-order valence-corrected chi connectivity index (χ3v) is 6.12. The Morgan fingerprint density at radius 1 is 0.964 bits per heavy atom. The standard InChI is InChI=1S/C22H28N2O3S/c1-4-16-24(17-5-2)28(26,27)21-13-11-20(12-14-21)23-22(25)15-10-19-8-6-18(3)7-9-19/h6-15H,4-5,16-17H2,1-3H3,(H,23,25). The Morgan fingerprint density at radius 2 is 1.54 bits per heavy atom. The summed E-state index contributed by atoms with van der Waals surface area (Å²) in [7, 11) is -3.51. The van der Waals surface area contributed by atoms with Gasteiger partial charge in [-0.3, -0.25) is 4.79 Å². The molecule has 6 heteroatoms. The van der Waals surface area contributed by atoms with Crippen molar-refractivity contribution in [2.75, 3.05) is 18.4 Å². The molecule has 0 bridgehead atoms. The Labute approximate surface area is 168 Å². The topological polar surface area (TPSA) is 66.5 Å². The quantitative estimate of drug-likeness (QED) is 0.632. The van der Waals surface area contributed by atoms with E-state index in [9.17, 15) is 13.2 Å². The number of rotatable bonds is 9. The summed E-state index contributed by atoms with van der Waals surface area (Å²) in [5.74, 6) is -0.269. The van der Waals surface area contributed by atoms with Crippen LogP contribution in [0.4, 0.5) is 5.69 Å². The molecule has 28 heavy (non-hydrogen) atoms. The summed E-state index contributed by atoms with van der Waals surface area (Å²) in [4.78, 5) is 12.3. The van der Waals surface area contributed by atoms with Crippen LogP contribution in [-0.2, 0) is 14.8 Å². The highest BCUT2D eigenvalue weighted by molar-refractivity contribution is 7.89. The number of carbonyl (C=O) groups is 1. The minimum atomic E-state index is -3.51. The lowest BCUT2D eigenvalue weighted by Crippen LogP contribution is -2.32. The van der Waals surface area contributed by atoms with Crippen molar-refractivity contribution in [1.29, 1.82) is 0 Å². The second-order valence-electron chi connectivity index (χ2n) is 6.66. The Balaban J connectivity index is 2.05. The van der Waals surface area contributed by atoms with Gasteiger partial charge in [0.1, 0.15) is 0 Å². The molecule has 0 saturated heterocycles. The molecule has 150 valence electrons. The molecule has 0 aromatic heterocycles. The molecule has 0 saturated carbocycles. The fourth-order valence-electron chi connectivity index (χ4n) is 2.74. The van der Waals surface area contributed by atoms with E-state index in [0.717, 1.165) is 24.0 Å². The third kappa shape index (κ3) is 6.04. The van der Waals surface area contributed by atoms with Gasteiger partial charge < -0.3 is 5.32 Å². The zero-order chi connectivity index (χ0) is 20.6. The van der Waals surface area contributed by atoms with E-state index in [1.54, 1.807) is 18.2 Å². The van der Waals surface area contributed by atoms with Gasteiger partial charge in [0.25, 0.3) is 0 Å². The van der Waals surface area contributed by atoms with E-state index in [-0.39, 0.29) is 10.8 Å². The third-order valence-electron chi connectivity index (χ3n) is 4.21. The highest BCUT2D eigenvalue weighted by Gasteiger charge is 2.22. The summed E-state index contributed by atoms with van der Waals surface area (Å²) >= 11 is 0. The van der Waals surface area contributed by atoms with Gasteiger partial charge in [0.15, 0.2) is 0 Å². The highest BCUT2D eigenvalue weighted by Crippen LogP contribution is 2.19. The molecule has 0 atom stereocenters. The molecule has 0 spiro atoms. The first-order valence-electron chi connectivity index (χ1n) is 9.52. The number of anilines is 1. The molecule has 0 heterocycles. The van der Waals surface area contributed by atoms with Crippen molar-refractivity contribution < 1.29 is 13.2 Å². The van der Waals surface area contributed by atoms with Gasteiger partial charge in [-0.1, -0.05) is 43.7 Å². The molecule has 0 aliphatic heterocycles. The van der Waals surface area contributed by atoms with Gasteiger partial charge in [-0.2, -0.15) is 4.31 Å². The fraction of sp³-hybridized carbons (Fsp3) is 0.318. The highest BCUT2D eigenvalue weighted by atomic mass is 32.2. The summed E-state index contributed by atoms with van der Waals surface area (Å²) in [6, 6.07) is 14.1. The van der Waals surface area contributed by atoms with Gasteiger partial charge in [-0.05, 0) is 55.7 Å². The SMILES string of the molecule is CCCN(CCC)S(=O)(=O)c1ccc(NC(=O)C=Cc2ccc(C)cc2)cc1. The van der Waals surface area contributed by atoms with Crippen molar-refractivity contribution in [3.63, 3.8) is 0 Å². The lowest BCUT2D eigenvalue weighted by molar-refractivity contribution is -0.111. The molecule has 5 nitrogen and oxygen atoms in total. The van der Waals surface area contributed by atoms with E-state index in [0.29, 0.717) is 18.8 Å². The Morgan fingerprint density at radius 3 is 2.07 bits per heavy atom. The average Bonchev–Trinajstić information content (AvgIpc) is 2.68. The predicted molar refractivity (Wildman–Crippen MR) is 115 cm³/mol. The van der Waals surface area contributed by atoms with Crippen molar-refractivity contribution in [3.8, 4) is 0 Å². The summed E-state index contributed by atoms with van der Waals surface area (Å²) < 4.78 is 27.0. The van der Waals surface area contributed by atoms with Crippen molar-refractivity contribution in [1.82, 2.24) is 4.31 Å². The van der Waals surface area contributed by atoms with Gasteiger partial charge in [0, 0.05) is 24.9 Å². The molecule has 2 aromatic rings. The fourth-order valence-corrected chi connectivity index (χ4v) is 4.37. The Hall–Kier alpha value is -2.44. The average molecular weight is 401 g/mol. The monoisotopic (exact) mass is 400 g/mol. The number of carbonyl (C=O) groups excluding carboxylic acids is 1. The van der Waals surface area contributed by atoms with E-state index in [2.05, 4.69) is 5.32 Å². The Kier molecular flexibility index (Phi) is 7.96. The summed E-state index contributed by atoms with van der Waals surface area (Å²) in [6.07, 6.45) is 4.72. The lowest BCUT2D eigenvalue weighted by Gasteiger charge is -2.21. The molecule has 1 amide bonds. The number of aryl methyl sites for hydroxylation is 1. The van der Waals surface area contributed by atoms with Crippen LogP contribution in [0.5, 0.6) is 0 Å². The number of benzene rings is 2. The van der Waals surface area contributed by atoms with Crippen LogP contribution in [0.1, 0.15) is 37.8 Å². The maximum absolute atomic E-state index is 12.8. The van der Waals surface area contributed by atoms with Gasteiger partial charge in [-0.25, -0.2) is 8.42 Å². The van der Waals surface area contributed by atoms with Gasteiger partial charge in [-0.15, -0.1) is 0 Å². The second kappa shape index (κ2) is 10.2. The summed E-state index contributed by atoms with van der Waals surface area (Å²) in [6.45, 7) is 6.92. The van der Waals surface area contributed by atoms with Crippen LogP contribution < -0.4 is 5.32 Å². The zero-order valence-electron chi connectivity index (χ0n) is 16.7. The van der Waals surface area contributed by atoms with Gasteiger partial charge >= 0.3 is 0 Å². The molecule has 2 aromatic carbocycles. The predicted octanol–water partition coefficient (Wildman–Crippen LogP) is 4.46. The van der Waals surface area contributed by atoms with E-state index < -0.39 is 10.0 Å². The van der Waals surface area contributed by atoms with Crippen molar-refractivity contribution >= 4 is 27.7 Å². The van der Waals surface area contributed by atoms with Gasteiger partial charge in [0.2, 0.25) is 15.9 Å².